The van der Waals surface area contributed by atoms with Gasteiger partial charge in [-0.3, -0.25) is 0 Å². The molecule has 2 aliphatic rings. The minimum atomic E-state index is 0.735. The zero-order chi connectivity index (χ0) is 18.9. The van der Waals surface area contributed by atoms with Gasteiger partial charge in [0, 0.05) is 63.4 Å². The second-order valence-corrected chi connectivity index (χ2v) is 7.15. The highest BCUT2D eigenvalue weighted by Gasteiger charge is 2.23. The van der Waals surface area contributed by atoms with Crippen LogP contribution in [0.3, 0.4) is 0 Å². The van der Waals surface area contributed by atoms with Gasteiger partial charge in [0.1, 0.15) is 11.3 Å². The maximum absolute atomic E-state index is 5.45. The van der Waals surface area contributed by atoms with Gasteiger partial charge in [0.2, 0.25) is 5.95 Å². The van der Waals surface area contributed by atoms with Gasteiger partial charge < -0.3 is 19.4 Å². The topological polar surface area (TPSA) is 74.9 Å². The average molecular weight is 380 g/mol. The highest BCUT2D eigenvalue weighted by molar-refractivity contribution is 5.68. The molecule has 3 aromatic heterocycles. The second kappa shape index (κ2) is 7.23. The van der Waals surface area contributed by atoms with Crippen molar-refractivity contribution in [1.82, 2.24) is 24.6 Å². The number of rotatable bonds is 3. The maximum atomic E-state index is 5.45. The van der Waals surface area contributed by atoms with E-state index >= 15 is 0 Å². The molecule has 5 heterocycles. The summed E-state index contributed by atoms with van der Waals surface area (Å²) in [7, 11) is 0. The SMILES string of the molecule is Cc1cc(N2CCN(c3nccn4nccc34)CC2)nc(N2CCOCC2)n1. The summed E-state index contributed by atoms with van der Waals surface area (Å²) in [5, 5.41) is 4.31. The first-order valence-electron chi connectivity index (χ1n) is 9.74. The fourth-order valence-corrected chi connectivity index (χ4v) is 3.84. The van der Waals surface area contributed by atoms with E-state index in [1.165, 1.54) is 0 Å². The maximum Gasteiger partial charge on any atom is 0.227 e. The van der Waals surface area contributed by atoms with E-state index in [9.17, 15) is 0 Å². The van der Waals surface area contributed by atoms with E-state index < -0.39 is 0 Å². The summed E-state index contributed by atoms with van der Waals surface area (Å²) >= 11 is 0. The Morgan fingerprint density at radius 2 is 1.68 bits per heavy atom. The van der Waals surface area contributed by atoms with E-state index in [4.69, 9.17) is 9.72 Å². The van der Waals surface area contributed by atoms with Crippen LogP contribution in [-0.2, 0) is 4.74 Å². The number of nitrogens with zero attached hydrogens (tertiary/aromatic N) is 8. The first-order chi connectivity index (χ1) is 13.8. The minimum Gasteiger partial charge on any atom is -0.378 e. The van der Waals surface area contributed by atoms with Gasteiger partial charge >= 0.3 is 0 Å². The molecule has 0 bridgehead atoms. The molecule has 0 N–H and O–H groups in total. The van der Waals surface area contributed by atoms with Gasteiger partial charge in [-0.2, -0.15) is 10.1 Å². The van der Waals surface area contributed by atoms with E-state index in [2.05, 4.69) is 35.8 Å². The third-order valence-electron chi connectivity index (χ3n) is 5.33. The zero-order valence-electron chi connectivity index (χ0n) is 16.0. The molecule has 3 aromatic rings. The smallest absolute Gasteiger partial charge is 0.227 e. The molecular weight excluding hydrogens is 356 g/mol. The largest absolute Gasteiger partial charge is 0.378 e. The number of morpholine rings is 1. The molecule has 0 amide bonds. The van der Waals surface area contributed by atoms with E-state index in [-0.39, 0.29) is 0 Å². The molecule has 2 aliphatic heterocycles. The van der Waals surface area contributed by atoms with E-state index in [1.807, 2.05) is 36.1 Å². The summed E-state index contributed by atoms with van der Waals surface area (Å²) in [4.78, 5) is 21.0. The molecule has 2 saturated heterocycles. The molecule has 5 rings (SSSR count). The molecule has 0 aromatic carbocycles. The predicted octanol–water partition coefficient (Wildman–Crippen LogP) is 0.991. The van der Waals surface area contributed by atoms with Crippen LogP contribution in [0, 0.1) is 6.92 Å². The third-order valence-corrected chi connectivity index (χ3v) is 5.33. The van der Waals surface area contributed by atoms with Crippen LogP contribution in [0.2, 0.25) is 0 Å². The lowest BCUT2D eigenvalue weighted by molar-refractivity contribution is 0.122. The fraction of sp³-hybridized carbons (Fsp3) is 0.474. The molecule has 2 fully saturated rings. The molecule has 0 atom stereocenters. The number of hydrogen-bond acceptors (Lipinski definition) is 8. The van der Waals surface area contributed by atoms with Gasteiger partial charge in [0.15, 0.2) is 5.82 Å². The van der Waals surface area contributed by atoms with Crippen LogP contribution in [0.4, 0.5) is 17.6 Å². The Labute approximate surface area is 163 Å². The van der Waals surface area contributed by atoms with Crippen molar-refractivity contribution in [2.45, 2.75) is 6.92 Å². The summed E-state index contributed by atoms with van der Waals surface area (Å²) in [5.74, 6) is 2.81. The Hall–Kier alpha value is -2.94. The van der Waals surface area contributed by atoms with Crippen molar-refractivity contribution in [1.29, 1.82) is 0 Å². The number of ether oxygens (including phenoxy) is 1. The lowest BCUT2D eigenvalue weighted by Crippen LogP contribution is -2.47. The van der Waals surface area contributed by atoms with Crippen molar-refractivity contribution in [3.05, 3.63) is 36.4 Å². The minimum absolute atomic E-state index is 0.735. The monoisotopic (exact) mass is 380 g/mol. The molecule has 0 spiro atoms. The van der Waals surface area contributed by atoms with E-state index in [1.54, 1.807) is 0 Å². The Bertz CT molecular complexity index is 959. The van der Waals surface area contributed by atoms with Gasteiger partial charge in [-0.25, -0.2) is 14.5 Å². The molecule has 9 heteroatoms. The molecule has 0 aliphatic carbocycles. The van der Waals surface area contributed by atoms with Crippen molar-refractivity contribution in [2.24, 2.45) is 0 Å². The molecule has 0 unspecified atom stereocenters. The van der Waals surface area contributed by atoms with Crippen molar-refractivity contribution in [3.63, 3.8) is 0 Å². The van der Waals surface area contributed by atoms with Crippen LogP contribution in [0.1, 0.15) is 5.69 Å². The quantitative estimate of drug-likeness (QED) is 0.666. The Morgan fingerprint density at radius 1 is 0.893 bits per heavy atom. The van der Waals surface area contributed by atoms with Crippen molar-refractivity contribution >= 4 is 23.1 Å². The predicted molar refractivity (Wildman–Crippen MR) is 107 cm³/mol. The summed E-state index contributed by atoms with van der Waals surface area (Å²) in [6, 6.07) is 4.09. The van der Waals surface area contributed by atoms with E-state index in [0.29, 0.717) is 0 Å². The first kappa shape index (κ1) is 17.2. The number of hydrogen-bond donors (Lipinski definition) is 0. The summed E-state index contributed by atoms with van der Waals surface area (Å²) in [6.07, 6.45) is 5.50. The highest BCUT2D eigenvalue weighted by Crippen LogP contribution is 2.23. The number of fused-ring (bicyclic) bond motifs is 1. The number of aryl methyl sites for hydroxylation is 1. The molecule has 28 heavy (non-hydrogen) atoms. The third kappa shape index (κ3) is 3.22. The van der Waals surface area contributed by atoms with Crippen LogP contribution < -0.4 is 14.7 Å². The van der Waals surface area contributed by atoms with Crippen molar-refractivity contribution in [3.8, 4) is 0 Å². The van der Waals surface area contributed by atoms with Gasteiger partial charge in [0.05, 0.1) is 19.4 Å². The second-order valence-electron chi connectivity index (χ2n) is 7.15. The highest BCUT2D eigenvalue weighted by atomic mass is 16.5. The summed E-state index contributed by atoms with van der Waals surface area (Å²) in [6.45, 7) is 8.79. The van der Waals surface area contributed by atoms with Crippen LogP contribution >= 0.6 is 0 Å². The van der Waals surface area contributed by atoms with Crippen LogP contribution in [0.25, 0.3) is 5.52 Å². The average Bonchev–Trinajstić information content (AvgIpc) is 3.23. The number of anilines is 3. The van der Waals surface area contributed by atoms with Crippen molar-refractivity contribution in [2.75, 3.05) is 67.2 Å². The summed E-state index contributed by atoms with van der Waals surface area (Å²) < 4.78 is 7.32. The molecule has 0 saturated carbocycles. The van der Waals surface area contributed by atoms with Gasteiger partial charge in [-0.05, 0) is 13.0 Å². The lowest BCUT2D eigenvalue weighted by Gasteiger charge is -2.36. The molecule has 0 radical (unpaired) electrons. The first-order valence-corrected chi connectivity index (χ1v) is 9.74. The number of piperazine rings is 1. The Balaban J connectivity index is 1.33. The van der Waals surface area contributed by atoms with E-state index in [0.717, 1.165) is 81.3 Å². The Kier molecular flexibility index (Phi) is 4.44. The Morgan fingerprint density at radius 3 is 2.50 bits per heavy atom. The summed E-state index contributed by atoms with van der Waals surface area (Å²) in [5.41, 5.74) is 2.04. The fourth-order valence-electron chi connectivity index (χ4n) is 3.84. The van der Waals surface area contributed by atoms with Crippen LogP contribution in [0.15, 0.2) is 30.7 Å². The van der Waals surface area contributed by atoms with Gasteiger partial charge in [0.25, 0.3) is 0 Å². The van der Waals surface area contributed by atoms with Crippen molar-refractivity contribution < 1.29 is 4.74 Å². The molecule has 146 valence electrons. The molecule has 9 nitrogen and oxygen atoms in total. The molecular formula is C19H24N8O. The van der Waals surface area contributed by atoms with Crippen LogP contribution in [0.5, 0.6) is 0 Å². The normalized spacial score (nSPS) is 18.1. The van der Waals surface area contributed by atoms with Gasteiger partial charge in [-0.15, -0.1) is 0 Å². The standard InChI is InChI=1S/C19H24N8O/c1-15-14-17(23-19(22-15)26-10-12-28-13-11-26)24-6-8-25(9-7-24)18-16-2-3-21-27(16)5-4-20-18/h2-5,14H,6-13H2,1H3. The lowest BCUT2D eigenvalue weighted by atomic mass is 10.3. The number of aromatic nitrogens is 5. The zero-order valence-corrected chi connectivity index (χ0v) is 16.0. The van der Waals surface area contributed by atoms with Crippen LogP contribution in [-0.4, -0.2) is 77.0 Å². The van der Waals surface area contributed by atoms with Gasteiger partial charge in [-0.1, -0.05) is 0 Å².